The summed E-state index contributed by atoms with van der Waals surface area (Å²) >= 11 is 0. The van der Waals surface area contributed by atoms with Gasteiger partial charge in [-0.25, -0.2) is 0 Å². The van der Waals surface area contributed by atoms with E-state index in [4.69, 9.17) is 4.43 Å². The zero-order valence-electron chi connectivity index (χ0n) is 8.87. The Morgan fingerprint density at radius 1 is 1.46 bits per heavy atom. The van der Waals surface area contributed by atoms with Crippen molar-refractivity contribution in [3.05, 3.63) is 10.1 Å². The lowest BCUT2D eigenvalue weighted by Crippen LogP contribution is -2.35. The van der Waals surface area contributed by atoms with Gasteiger partial charge in [-0.05, 0) is 26.1 Å². The Bertz CT molecular complexity index is 167. The van der Waals surface area contributed by atoms with Crippen LogP contribution >= 0.6 is 0 Å². The normalized spacial score (nSPS) is 14.2. The molecule has 0 N–H and O–H groups in total. The van der Waals surface area contributed by atoms with Crippen LogP contribution in [0.1, 0.15) is 19.8 Å². The molecule has 13 heavy (non-hydrogen) atoms. The monoisotopic (exact) mass is 205 g/mol. The van der Waals surface area contributed by atoms with Crippen LogP contribution in [0.2, 0.25) is 19.6 Å². The first kappa shape index (κ1) is 12.6. The van der Waals surface area contributed by atoms with E-state index in [1.54, 1.807) is 0 Å². The van der Waals surface area contributed by atoms with E-state index in [1.807, 2.05) is 6.92 Å². The molecule has 0 saturated heterocycles. The van der Waals surface area contributed by atoms with Crippen molar-refractivity contribution in [2.45, 2.75) is 45.5 Å². The van der Waals surface area contributed by atoms with Gasteiger partial charge in [-0.15, -0.1) is 0 Å². The summed E-state index contributed by atoms with van der Waals surface area (Å²) in [5.41, 5.74) is 0. The lowest BCUT2D eigenvalue weighted by Gasteiger charge is -2.23. The van der Waals surface area contributed by atoms with Crippen LogP contribution in [0.5, 0.6) is 0 Å². The van der Waals surface area contributed by atoms with Gasteiger partial charge in [-0.2, -0.15) is 0 Å². The van der Waals surface area contributed by atoms with Crippen molar-refractivity contribution < 1.29 is 9.35 Å². The first-order valence-electron chi connectivity index (χ1n) is 4.64. The summed E-state index contributed by atoms with van der Waals surface area (Å²) in [6.45, 7) is 8.11. The Hall–Kier alpha value is -0.423. The molecule has 1 unspecified atom stereocenters. The van der Waals surface area contributed by atoms with E-state index in [1.165, 1.54) is 0 Å². The van der Waals surface area contributed by atoms with Gasteiger partial charge in [0.05, 0.1) is 0 Å². The fraction of sp³-hybridized carbons (Fsp3) is 1.00. The number of nitro groups is 1. The van der Waals surface area contributed by atoms with Crippen molar-refractivity contribution in [1.82, 2.24) is 0 Å². The summed E-state index contributed by atoms with van der Waals surface area (Å²) in [6, 6.07) is 0. The number of rotatable bonds is 6. The average Bonchev–Trinajstić information content (AvgIpc) is 1.81. The Balaban J connectivity index is 4.01. The third-order valence-corrected chi connectivity index (χ3v) is 2.52. The Morgan fingerprint density at radius 3 is 2.31 bits per heavy atom. The van der Waals surface area contributed by atoms with E-state index in [0.717, 1.165) is 12.8 Å². The van der Waals surface area contributed by atoms with Gasteiger partial charge >= 0.3 is 0 Å². The second-order valence-electron chi connectivity index (χ2n) is 4.16. The molecule has 0 aliphatic carbocycles. The van der Waals surface area contributed by atoms with Gasteiger partial charge < -0.3 is 4.43 Å². The first-order valence-corrected chi connectivity index (χ1v) is 8.05. The molecule has 0 rings (SSSR count). The number of hydrogen-bond acceptors (Lipinski definition) is 3. The van der Waals surface area contributed by atoms with Crippen LogP contribution in [0.15, 0.2) is 0 Å². The predicted octanol–water partition coefficient (Wildman–Crippen LogP) is 2.28. The van der Waals surface area contributed by atoms with Crippen molar-refractivity contribution in [3.8, 4) is 0 Å². The average molecular weight is 205 g/mol. The molecule has 0 aromatic rings. The number of nitrogens with zero attached hydrogens (tertiary/aromatic N) is 1. The van der Waals surface area contributed by atoms with Gasteiger partial charge in [0.25, 0.3) is 0 Å². The Kier molecular flexibility index (Phi) is 5.16. The summed E-state index contributed by atoms with van der Waals surface area (Å²) in [7, 11) is -1.63. The highest BCUT2D eigenvalue weighted by Gasteiger charge is 2.23. The molecule has 1 atom stereocenters. The summed E-state index contributed by atoms with van der Waals surface area (Å²) in [5, 5.41) is 10.3. The SMILES string of the molecule is CCCC(C[N+](=O)[O-])O[Si](C)(C)C. The highest BCUT2D eigenvalue weighted by Crippen LogP contribution is 2.11. The van der Waals surface area contributed by atoms with Gasteiger partial charge in [-0.1, -0.05) is 13.3 Å². The Labute approximate surface area is 80.6 Å². The van der Waals surface area contributed by atoms with Crippen LogP contribution in [0.3, 0.4) is 0 Å². The highest BCUT2D eigenvalue weighted by molar-refractivity contribution is 6.69. The second-order valence-corrected chi connectivity index (χ2v) is 8.62. The zero-order valence-corrected chi connectivity index (χ0v) is 9.87. The van der Waals surface area contributed by atoms with Crippen LogP contribution in [0.25, 0.3) is 0 Å². The third-order valence-electron chi connectivity index (χ3n) is 1.48. The van der Waals surface area contributed by atoms with Gasteiger partial charge in [-0.3, -0.25) is 10.1 Å². The minimum absolute atomic E-state index is 0.0574. The molecule has 0 amide bonds. The van der Waals surface area contributed by atoms with E-state index in [-0.39, 0.29) is 17.6 Å². The van der Waals surface area contributed by atoms with E-state index in [9.17, 15) is 10.1 Å². The van der Waals surface area contributed by atoms with Crippen LogP contribution < -0.4 is 0 Å². The largest absolute Gasteiger partial charge is 0.408 e. The number of hydrogen-bond donors (Lipinski definition) is 0. The maximum atomic E-state index is 10.3. The summed E-state index contributed by atoms with van der Waals surface area (Å²) in [4.78, 5) is 10.0. The molecule has 0 bridgehead atoms. The molecule has 0 radical (unpaired) electrons. The van der Waals surface area contributed by atoms with Crippen LogP contribution in [-0.4, -0.2) is 25.9 Å². The molecule has 4 nitrogen and oxygen atoms in total. The molecule has 78 valence electrons. The van der Waals surface area contributed by atoms with E-state index in [2.05, 4.69) is 19.6 Å². The van der Waals surface area contributed by atoms with E-state index < -0.39 is 8.32 Å². The van der Waals surface area contributed by atoms with Crippen LogP contribution in [0.4, 0.5) is 0 Å². The molecule has 0 heterocycles. The highest BCUT2D eigenvalue weighted by atomic mass is 28.4. The molecule has 0 aliphatic rings. The molecule has 5 heteroatoms. The second kappa shape index (κ2) is 5.34. The van der Waals surface area contributed by atoms with Crippen LogP contribution in [0, 0.1) is 10.1 Å². The molecule has 0 spiro atoms. The summed E-state index contributed by atoms with van der Waals surface area (Å²) in [6.07, 6.45) is 1.53. The van der Waals surface area contributed by atoms with E-state index in [0.29, 0.717) is 0 Å². The molecular weight excluding hydrogens is 186 g/mol. The quantitative estimate of drug-likeness (QED) is 0.380. The smallest absolute Gasteiger partial charge is 0.228 e. The van der Waals surface area contributed by atoms with Crippen molar-refractivity contribution in [2.75, 3.05) is 6.54 Å². The van der Waals surface area contributed by atoms with Crippen molar-refractivity contribution in [3.63, 3.8) is 0 Å². The minimum atomic E-state index is -1.63. The maximum absolute atomic E-state index is 10.3. The fourth-order valence-electron chi connectivity index (χ4n) is 1.18. The lowest BCUT2D eigenvalue weighted by atomic mass is 10.2. The summed E-state index contributed by atoms with van der Waals surface area (Å²) in [5.74, 6) is 0. The summed E-state index contributed by atoms with van der Waals surface area (Å²) < 4.78 is 5.69. The van der Waals surface area contributed by atoms with Crippen molar-refractivity contribution >= 4 is 8.32 Å². The molecule has 0 fully saturated rings. The van der Waals surface area contributed by atoms with Crippen molar-refractivity contribution in [1.29, 1.82) is 0 Å². The zero-order chi connectivity index (χ0) is 10.5. The standard InChI is InChI=1S/C8H19NO3Si/c1-5-6-8(7-9(10)11)12-13(2,3)4/h8H,5-7H2,1-4H3. The lowest BCUT2D eigenvalue weighted by molar-refractivity contribution is -0.489. The van der Waals surface area contributed by atoms with E-state index >= 15 is 0 Å². The van der Waals surface area contributed by atoms with Gasteiger partial charge in [0.2, 0.25) is 6.54 Å². The Morgan fingerprint density at radius 2 is 2.00 bits per heavy atom. The molecular formula is C8H19NO3Si. The topological polar surface area (TPSA) is 52.4 Å². The molecule has 0 saturated carbocycles. The van der Waals surface area contributed by atoms with Crippen molar-refractivity contribution in [2.24, 2.45) is 0 Å². The van der Waals surface area contributed by atoms with Crippen LogP contribution in [-0.2, 0) is 4.43 Å². The molecule has 0 aliphatic heterocycles. The fourth-order valence-corrected chi connectivity index (χ4v) is 2.37. The molecule has 0 aromatic heterocycles. The predicted molar refractivity (Wildman–Crippen MR) is 55.0 cm³/mol. The minimum Gasteiger partial charge on any atom is -0.408 e. The molecule has 0 aromatic carbocycles. The van der Waals surface area contributed by atoms with Gasteiger partial charge in [0.1, 0.15) is 6.10 Å². The third kappa shape index (κ3) is 7.92. The first-order chi connectivity index (χ1) is 5.85. The van der Waals surface area contributed by atoms with Gasteiger partial charge in [0, 0.05) is 4.92 Å². The van der Waals surface area contributed by atoms with Gasteiger partial charge in [0.15, 0.2) is 8.32 Å². The maximum Gasteiger partial charge on any atom is 0.228 e.